The van der Waals surface area contributed by atoms with Crippen molar-refractivity contribution in [3.8, 4) is 5.75 Å². The van der Waals surface area contributed by atoms with Gasteiger partial charge in [-0.3, -0.25) is 0 Å². The zero-order chi connectivity index (χ0) is 13.8. The molecule has 0 atom stereocenters. The predicted molar refractivity (Wildman–Crippen MR) is 65.3 cm³/mol. The lowest BCUT2D eigenvalue weighted by Gasteiger charge is -2.31. The van der Waals surface area contributed by atoms with Crippen LogP contribution in [0.5, 0.6) is 5.75 Å². The molecule has 1 rings (SSSR count). The van der Waals surface area contributed by atoms with Crippen LogP contribution in [0.25, 0.3) is 0 Å². The number of phenolic OH excluding ortho intramolecular Hbond substituents is 1. The summed E-state index contributed by atoms with van der Waals surface area (Å²) in [6.45, 7) is 4.06. The van der Waals surface area contributed by atoms with Gasteiger partial charge < -0.3 is 15.5 Å². The molecule has 0 saturated carbocycles. The number of rotatable bonds is 6. The fourth-order valence-corrected chi connectivity index (χ4v) is 1.79. The number of hydrogen-bond donors (Lipinski definition) is 3. The summed E-state index contributed by atoms with van der Waals surface area (Å²) in [5, 5.41) is 21.5. The van der Waals surface area contributed by atoms with E-state index in [9.17, 15) is 13.9 Å². The third-order valence-electron chi connectivity index (χ3n) is 3.40. The lowest BCUT2D eigenvalue weighted by atomic mass is 9.93. The van der Waals surface area contributed by atoms with Gasteiger partial charge in [0.25, 0.3) is 0 Å². The van der Waals surface area contributed by atoms with Crippen molar-refractivity contribution in [2.24, 2.45) is 0 Å². The molecule has 3 nitrogen and oxygen atoms in total. The van der Waals surface area contributed by atoms with Crippen molar-refractivity contribution in [3.63, 3.8) is 0 Å². The molecule has 3 N–H and O–H groups in total. The lowest BCUT2D eigenvalue weighted by molar-refractivity contribution is 0.149. The van der Waals surface area contributed by atoms with Gasteiger partial charge in [-0.2, -0.15) is 0 Å². The Morgan fingerprint density at radius 2 is 1.67 bits per heavy atom. The molecule has 0 bridgehead atoms. The number of hydrogen-bond acceptors (Lipinski definition) is 3. The van der Waals surface area contributed by atoms with Crippen molar-refractivity contribution in [2.75, 3.05) is 6.61 Å². The third-order valence-corrected chi connectivity index (χ3v) is 3.40. The number of phenols is 1. The van der Waals surface area contributed by atoms with Crippen molar-refractivity contribution < 1.29 is 19.0 Å². The van der Waals surface area contributed by atoms with Gasteiger partial charge in [-0.15, -0.1) is 0 Å². The maximum absolute atomic E-state index is 13.1. The molecule has 5 heteroatoms. The molecule has 0 fully saturated rings. The minimum absolute atomic E-state index is 0.0386. The third kappa shape index (κ3) is 3.17. The monoisotopic (exact) mass is 259 g/mol. The van der Waals surface area contributed by atoms with E-state index in [1.165, 1.54) is 0 Å². The summed E-state index contributed by atoms with van der Waals surface area (Å²) in [6.07, 6.45) is 1.42. The first-order valence-electron chi connectivity index (χ1n) is 6.00. The highest BCUT2D eigenvalue weighted by atomic mass is 19.1. The molecule has 1 aromatic carbocycles. The summed E-state index contributed by atoms with van der Waals surface area (Å²) in [5.41, 5.74) is -0.0484. The van der Waals surface area contributed by atoms with E-state index in [-0.39, 0.29) is 13.2 Å². The van der Waals surface area contributed by atoms with Gasteiger partial charge in [0.05, 0.1) is 6.61 Å². The molecule has 0 unspecified atom stereocenters. The summed E-state index contributed by atoms with van der Waals surface area (Å²) >= 11 is 0. The van der Waals surface area contributed by atoms with Gasteiger partial charge in [-0.05, 0) is 30.5 Å². The van der Waals surface area contributed by atoms with Crippen LogP contribution in [0.15, 0.2) is 12.1 Å². The molecule has 0 aliphatic rings. The van der Waals surface area contributed by atoms with Crippen LogP contribution in [0, 0.1) is 11.6 Å². The zero-order valence-corrected chi connectivity index (χ0v) is 10.6. The molecule has 0 aromatic heterocycles. The Morgan fingerprint density at radius 1 is 1.17 bits per heavy atom. The average Bonchev–Trinajstić information content (AvgIpc) is 2.38. The number of aromatic hydroxyl groups is 1. The second-order valence-electron chi connectivity index (χ2n) is 4.41. The fraction of sp³-hybridized carbons (Fsp3) is 0.538. The minimum Gasteiger partial charge on any atom is -0.503 e. The van der Waals surface area contributed by atoms with E-state index < -0.39 is 22.9 Å². The molecular formula is C13H19F2NO2. The van der Waals surface area contributed by atoms with Crippen LogP contribution in [-0.2, 0) is 6.54 Å². The highest BCUT2D eigenvalue weighted by Crippen LogP contribution is 2.22. The second-order valence-corrected chi connectivity index (χ2v) is 4.41. The minimum atomic E-state index is -0.977. The van der Waals surface area contributed by atoms with Gasteiger partial charge in [-0.25, -0.2) is 8.78 Å². The zero-order valence-electron chi connectivity index (χ0n) is 10.6. The molecule has 18 heavy (non-hydrogen) atoms. The molecular weight excluding hydrogens is 240 g/mol. The Kier molecular flexibility index (Phi) is 5.04. The summed E-state index contributed by atoms with van der Waals surface area (Å²) in [5.74, 6) is -2.91. The normalized spacial score (nSPS) is 11.8. The van der Waals surface area contributed by atoms with Crippen molar-refractivity contribution >= 4 is 0 Å². The Morgan fingerprint density at radius 3 is 2.06 bits per heavy atom. The van der Waals surface area contributed by atoms with Crippen LogP contribution in [0.4, 0.5) is 8.78 Å². The first-order chi connectivity index (χ1) is 8.48. The van der Waals surface area contributed by atoms with Gasteiger partial charge in [0.2, 0.25) is 0 Å². The van der Waals surface area contributed by atoms with Crippen molar-refractivity contribution in [1.82, 2.24) is 5.32 Å². The topological polar surface area (TPSA) is 52.5 Å². The lowest BCUT2D eigenvalue weighted by Crippen LogP contribution is -2.47. The van der Waals surface area contributed by atoms with Crippen molar-refractivity contribution in [1.29, 1.82) is 0 Å². The highest BCUT2D eigenvalue weighted by molar-refractivity contribution is 5.30. The average molecular weight is 259 g/mol. The standard InChI is InChI=1S/C13H19F2NO2/c1-3-13(4-2,8-17)16-7-9-5-10(14)12(18)11(15)6-9/h5-6,16-18H,3-4,7-8H2,1-2H3. The molecule has 0 aliphatic heterocycles. The highest BCUT2D eigenvalue weighted by Gasteiger charge is 2.24. The van der Waals surface area contributed by atoms with Gasteiger partial charge in [-0.1, -0.05) is 13.8 Å². The first-order valence-corrected chi connectivity index (χ1v) is 6.00. The molecule has 0 heterocycles. The van der Waals surface area contributed by atoms with E-state index in [1.54, 1.807) is 0 Å². The van der Waals surface area contributed by atoms with Gasteiger partial charge >= 0.3 is 0 Å². The number of aliphatic hydroxyl groups is 1. The van der Waals surface area contributed by atoms with Crippen LogP contribution in [0.1, 0.15) is 32.3 Å². The van der Waals surface area contributed by atoms with E-state index in [0.29, 0.717) is 18.4 Å². The van der Waals surface area contributed by atoms with E-state index in [4.69, 9.17) is 5.11 Å². The fourth-order valence-electron chi connectivity index (χ4n) is 1.79. The number of nitrogens with one attached hydrogen (secondary N) is 1. The van der Waals surface area contributed by atoms with E-state index >= 15 is 0 Å². The maximum atomic E-state index is 13.1. The Hall–Kier alpha value is -1.20. The second kappa shape index (κ2) is 6.11. The predicted octanol–water partition coefficient (Wildman–Crippen LogP) is 2.31. The summed E-state index contributed by atoms with van der Waals surface area (Å²) < 4.78 is 26.3. The quantitative estimate of drug-likeness (QED) is 0.735. The molecule has 102 valence electrons. The first kappa shape index (κ1) is 14.9. The molecule has 1 aromatic rings. The molecule has 0 amide bonds. The maximum Gasteiger partial charge on any atom is 0.187 e. The SMILES string of the molecule is CCC(CC)(CO)NCc1cc(F)c(O)c(F)c1. The smallest absolute Gasteiger partial charge is 0.187 e. The van der Waals surface area contributed by atoms with Gasteiger partial charge in [0.15, 0.2) is 17.4 Å². The van der Waals surface area contributed by atoms with Gasteiger partial charge in [0.1, 0.15) is 0 Å². The summed E-state index contributed by atoms with van der Waals surface area (Å²) in [6, 6.07) is 2.16. The van der Waals surface area contributed by atoms with Crippen LogP contribution in [0.3, 0.4) is 0 Å². The Labute approximate surface area is 105 Å². The largest absolute Gasteiger partial charge is 0.503 e. The number of halogens is 2. The molecule has 0 radical (unpaired) electrons. The summed E-state index contributed by atoms with van der Waals surface area (Å²) in [4.78, 5) is 0. The Balaban J connectivity index is 2.80. The van der Waals surface area contributed by atoms with Gasteiger partial charge in [0, 0.05) is 12.1 Å². The molecule has 0 saturated heterocycles. The van der Waals surface area contributed by atoms with E-state index in [1.807, 2.05) is 13.8 Å². The Bertz CT molecular complexity index is 375. The summed E-state index contributed by atoms with van der Waals surface area (Å²) in [7, 11) is 0. The van der Waals surface area contributed by atoms with Crippen LogP contribution >= 0.6 is 0 Å². The van der Waals surface area contributed by atoms with Crippen molar-refractivity contribution in [3.05, 3.63) is 29.3 Å². The molecule has 0 spiro atoms. The van der Waals surface area contributed by atoms with Crippen LogP contribution < -0.4 is 5.32 Å². The number of aliphatic hydroxyl groups excluding tert-OH is 1. The van der Waals surface area contributed by atoms with Crippen LogP contribution in [-0.4, -0.2) is 22.4 Å². The van der Waals surface area contributed by atoms with E-state index in [0.717, 1.165) is 12.1 Å². The van der Waals surface area contributed by atoms with E-state index in [2.05, 4.69) is 5.32 Å². The number of benzene rings is 1. The van der Waals surface area contributed by atoms with Crippen molar-refractivity contribution in [2.45, 2.75) is 38.8 Å². The molecule has 0 aliphatic carbocycles. The van der Waals surface area contributed by atoms with Crippen LogP contribution in [0.2, 0.25) is 0 Å².